The van der Waals surface area contributed by atoms with Crippen LogP contribution in [-0.2, 0) is 11.3 Å². The molecule has 1 aliphatic rings. The Balaban J connectivity index is 1.45. The van der Waals surface area contributed by atoms with E-state index >= 15 is 0 Å². The minimum atomic E-state index is -0.673. The predicted octanol–water partition coefficient (Wildman–Crippen LogP) is 3.67. The molecule has 1 aromatic heterocycles. The first kappa shape index (κ1) is 21.6. The minimum Gasteiger partial charge on any atom is -0.351 e. The number of hydrogen-bond acceptors (Lipinski definition) is 3. The number of halogens is 2. The van der Waals surface area contributed by atoms with E-state index in [-0.39, 0.29) is 29.7 Å². The molecule has 0 atom stereocenters. The fourth-order valence-corrected chi connectivity index (χ4v) is 3.69. The highest BCUT2D eigenvalue weighted by atomic mass is 35.5. The molecular weight excluding hydrogens is 437 g/mol. The molecule has 32 heavy (non-hydrogen) atoms. The van der Waals surface area contributed by atoms with Crippen LogP contribution in [0.15, 0.2) is 48.7 Å². The molecule has 1 aliphatic carbocycles. The molecule has 0 saturated heterocycles. The molecule has 1 saturated carbocycles. The zero-order chi connectivity index (χ0) is 22.8. The minimum absolute atomic E-state index is 0.0224. The van der Waals surface area contributed by atoms with Crippen molar-refractivity contribution in [2.45, 2.75) is 25.4 Å². The number of urea groups is 1. The highest BCUT2D eigenvalue weighted by molar-refractivity contribution is 6.30. The van der Waals surface area contributed by atoms with E-state index in [0.717, 1.165) is 12.8 Å². The second-order valence-electron chi connectivity index (χ2n) is 7.55. The summed E-state index contributed by atoms with van der Waals surface area (Å²) in [7, 11) is 0. The summed E-state index contributed by atoms with van der Waals surface area (Å²) in [5.41, 5.74) is 6.66. The Kier molecular flexibility index (Phi) is 6.00. The zero-order valence-electron chi connectivity index (χ0n) is 17.0. The van der Waals surface area contributed by atoms with Crippen molar-refractivity contribution >= 4 is 46.2 Å². The number of fused-ring (bicyclic) bond motifs is 1. The average Bonchev–Trinajstić information content (AvgIpc) is 3.54. The quantitative estimate of drug-likeness (QED) is 0.525. The van der Waals surface area contributed by atoms with E-state index in [1.807, 2.05) is 0 Å². The molecule has 0 aliphatic heterocycles. The molecule has 3 aromatic rings. The molecule has 4 rings (SSSR count). The van der Waals surface area contributed by atoms with Crippen LogP contribution in [0.4, 0.5) is 19.7 Å². The lowest BCUT2D eigenvalue weighted by atomic mass is 10.2. The topological polar surface area (TPSA) is 109 Å². The molecule has 4 amide bonds. The van der Waals surface area contributed by atoms with Crippen molar-refractivity contribution in [2.75, 3.05) is 11.9 Å². The van der Waals surface area contributed by atoms with Gasteiger partial charge < -0.3 is 21.3 Å². The maximum Gasteiger partial charge on any atom is 0.323 e. The number of carbonyl (C=O) groups excluding carboxylic acids is 3. The van der Waals surface area contributed by atoms with Gasteiger partial charge in [-0.25, -0.2) is 14.0 Å². The number of nitrogens with zero attached hydrogens (tertiary/aromatic N) is 2. The number of nitrogens with one attached hydrogen (secondary N) is 2. The second-order valence-corrected chi connectivity index (χ2v) is 7.95. The fraction of sp³-hybridized carbons (Fsp3) is 0.227. The number of hydrogen-bond donors (Lipinski definition) is 3. The molecule has 0 radical (unpaired) electrons. The zero-order valence-corrected chi connectivity index (χ0v) is 17.7. The predicted molar refractivity (Wildman–Crippen MR) is 119 cm³/mol. The summed E-state index contributed by atoms with van der Waals surface area (Å²) in [5.74, 6) is -1.01. The van der Waals surface area contributed by atoms with Crippen LogP contribution in [0.25, 0.3) is 10.9 Å². The Morgan fingerprint density at radius 2 is 1.91 bits per heavy atom. The van der Waals surface area contributed by atoms with Gasteiger partial charge in [0.05, 0.1) is 16.2 Å². The molecule has 0 bridgehead atoms. The number of anilines is 1. The van der Waals surface area contributed by atoms with Crippen LogP contribution in [-0.4, -0.2) is 40.0 Å². The van der Waals surface area contributed by atoms with Gasteiger partial charge in [0.2, 0.25) is 5.91 Å². The van der Waals surface area contributed by atoms with Crippen molar-refractivity contribution < 1.29 is 18.8 Å². The third-order valence-electron chi connectivity index (χ3n) is 5.26. The van der Waals surface area contributed by atoms with Crippen molar-refractivity contribution in [1.29, 1.82) is 0 Å². The molecule has 2 aromatic carbocycles. The van der Waals surface area contributed by atoms with E-state index in [1.165, 1.54) is 27.8 Å². The van der Waals surface area contributed by atoms with Crippen LogP contribution >= 0.6 is 11.6 Å². The van der Waals surface area contributed by atoms with Gasteiger partial charge in [0.25, 0.3) is 0 Å². The van der Waals surface area contributed by atoms with Crippen molar-refractivity contribution in [3.63, 3.8) is 0 Å². The molecule has 0 unspecified atom stereocenters. The molecule has 166 valence electrons. The van der Waals surface area contributed by atoms with Gasteiger partial charge in [-0.15, -0.1) is 0 Å². The molecule has 4 N–H and O–H groups in total. The summed E-state index contributed by atoms with van der Waals surface area (Å²) in [4.78, 5) is 38.6. The number of rotatable bonds is 6. The Morgan fingerprint density at radius 3 is 2.62 bits per heavy atom. The monoisotopic (exact) mass is 457 g/mol. The molecule has 8 nitrogen and oxygen atoms in total. The van der Waals surface area contributed by atoms with Gasteiger partial charge in [0.15, 0.2) is 0 Å². The lowest BCUT2D eigenvalue weighted by Crippen LogP contribution is -2.43. The van der Waals surface area contributed by atoms with Gasteiger partial charge in [-0.2, -0.15) is 0 Å². The number of para-hydroxylation sites is 1. The fourth-order valence-electron chi connectivity index (χ4n) is 3.49. The second kappa shape index (κ2) is 8.88. The molecular formula is C22H21ClFN5O3. The van der Waals surface area contributed by atoms with E-state index in [4.69, 9.17) is 17.3 Å². The largest absolute Gasteiger partial charge is 0.351 e. The maximum atomic E-state index is 14.0. The van der Waals surface area contributed by atoms with Crippen molar-refractivity contribution in [1.82, 2.24) is 14.8 Å². The lowest BCUT2D eigenvalue weighted by Gasteiger charge is -2.22. The summed E-state index contributed by atoms with van der Waals surface area (Å²) in [6, 6.07) is 10.4. The average molecular weight is 458 g/mol. The number of primary amides is 1. The molecule has 10 heteroatoms. The van der Waals surface area contributed by atoms with Crippen molar-refractivity contribution in [3.05, 3.63) is 65.1 Å². The van der Waals surface area contributed by atoms with Crippen molar-refractivity contribution in [2.24, 2.45) is 5.73 Å². The van der Waals surface area contributed by atoms with Crippen LogP contribution in [0.2, 0.25) is 5.02 Å². The Bertz CT molecular complexity index is 1210. The number of aromatic nitrogens is 1. The Hall–Kier alpha value is -3.59. The van der Waals surface area contributed by atoms with Crippen LogP contribution < -0.4 is 16.4 Å². The van der Waals surface area contributed by atoms with Crippen LogP contribution in [0.1, 0.15) is 18.4 Å². The first-order valence-corrected chi connectivity index (χ1v) is 10.4. The third-order valence-corrected chi connectivity index (χ3v) is 5.55. The Labute approximate surface area is 188 Å². The van der Waals surface area contributed by atoms with Gasteiger partial charge in [-0.3, -0.25) is 9.36 Å². The highest BCUT2D eigenvalue weighted by Gasteiger charge is 2.34. The number of benzene rings is 2. The standard InChI is InChI=1S/C22H21ClFN5O3/c23-16-6-3-4-13(20(16)24)10-26-19(30)12-28(14-8-9-14)22(32)27-17-11-29(21(25)31)18-7-2-1-5-15(17)18/h1-7,11,14H,8-10,12H2,(H2,25,31)(H,26,30)(H,27,32). The van der Waals surface area contributed by atoms with Gasteiger partial charge in [0.1, 0.15) is 12.4 Å². The van der Waals surface area contributed by atoms with Crippen LogP contribution in [0.3, 0.4) is 0 Å². The van der Waals surface area contributed by atoms with Crippen molar-refractivity contribution in [3.8, 4) is 0 Å². The van der Waals surface area contributed by atoms with Crippen LogP contribution in [0, 0.1) is 5.82 Å². The highest BCUT2D eigenvalue weighted by Crippen LogP contribution is 2.29. The van der Waals surface area contributed by atoms with Gasteiger partial charge in [-0.05, 0) is 25.0 Å². The third kappa shape index (κ3) is 4.52. The first-order chi connectivity index (χ1) is 15.3. The van der Waals surface area contributed by atoms with E-state index in [2.05, 4.69) is 10.6 Å². The number of amides is 4. The maximum absolute atomic E-state index is 14.0. The van der Waals surface area contributed by atoms with Gasteiger partial charge in [0, 0.05) is 29.7 Å². The summed E-state index contributed by atoms with van der Waals surface area (Å²) in [6.07, 6.45) is 3.03. The summed E-state index contributed by atoms with van der Waals surface area (Å²) >= 11 is 5.77. The normalized spacial score (nSPS) is 13.1. The van der Waals surface area contributed by atoms with E-state index < -0.39 is 23.8 Å². The smallest absolute Gasteiger partial charge is 0.323 e. The Morgan fingerprint density at radius 1 is 1.16 bits per heavy atom. The summed E-state index contributed by atoms with van der Waals surface area (Å²) < 4.78 is 15.3. The van der Waals surface area contributed by atoms with E-state index in [1.54, 1.807) is 30.3 Å². The number of carbonyl (C=O) groups is 3. The summed E-state index contributed by atoms with van der Waals surface area (Å²) in [6.45, 7) is -0.232. The van der Waals surface area contributed by atoms with E-state index in [9.17, 15) is 18.8 Å². The van der Waals surface area contributed by atoms with Crippen LogP contribution in [0.5, 0.6) is 0 Å². The molecule has 1 heterocycles. The van der Waals surface area contributed by atoms with Gasteiger partial charge in [-0.1, -0.05) is 41.9 Å². The first-order valence-electron chi connectivity index (χ1n) is 10.0. The van der Waals surface area contributed by atoms with Gasteiger partial charge >= 0.3 is 12.1 Å². The lowest BCUT2D eigenvalue weighted by molar-refractivity contribution is -0.121. The number of nitrogens with two attached hydrogens (primary N) is 1. The van der Waals surface area contributed by atoms with E-state index in [0.29, 0.717) is 16.6 Å². The SMILES string of the molecule is NC(=O)n1cc(NC(=O)N(CC(=O)NCc2cccc(Cl)c2F)C2CC2)c2ccccc21. The molecule has 1 fully saturated rings. The summed E-state index contributed by atoms with van der Waals surface area (Å²) in [5, 5.41) is 6.03. The molecule has 0 spiro atoms.